The number of rotatable bonds is 5. The summed E-state index contributed by atoms with van der Waals surface area (Å²) < 4.78 is 52.2. The van der Waals surface area contributed by atoms with Crippen molar-refractivity contribution in [3.05, 3.63) is 35.1 Å². The fourth-order valence-corrected chi connectivity index (χ4v) is 2.92. The Labute approximate surface area is 140 Å². The third-order valence-corrected chi connectivity index (χ3v) is 4.10. The van der Waals surface area contributed by atoms with Crippen LogP contribution in [0, 0.1) is 5.82 Å². The molecule has 1 aliphatic rings. The van der Waals surface area contributed by atoms with Gasteiger partial charge in [0.05, 0.1) is 5.56 Å². The lowest BCUT2D eigenvalue weighted by Gasteiger charge is -2.35. The predicted octanol–water partition coefficient (Wildman–Crippen LogP) is 4.40. The molecule has 7 heteroatoms. The normalized spacial score (nSPS) is 17.6. The number of unbranched alkanes of at least 4 members (excludes halogenated alkanes) is 1. The zero-order chi connectivity index (χ0) is 16.2. The molecule has 1 aromatic rings. The van der Waals surface area contributed by atoms with E-state index in [0.717, 1.165) is 57.6 Å². The highest BCUT2D eigenvalue weighted by Crippen LogP contribution is 2.35. The highest BCUT2D eigenvalue weighted by molar-refractivity contribution is 5.85. The molecular weight excluding hydrogens is 332 g/mol. The van der Waals surface area contributed by atoms with Crippen LogP contribution in [-0.2, 0) is 6.18 Å². The Morgan fingerprint density at radius 2 is 1.87 bits per heavy atom. The van der Waals surface area contributed by atoms with Crippen LogP contribution in [-0.4, -0.2) is 31.1 Å². The summed E-state index contributed by atoms with van der Waals surface area (Å²) in [6, 6.07) is 3.34. The lowest BCUT2D eigenvalue weighted by Crippen LogP contribution is -2.45. The maximum Gasteiger partial charge on any atom is 0.419 e. The van der Waals surface area contributed by atoms with Crippen LogP contribution >= 0.6 is 12.4 Å². The van der Waals surface area contributed by atoms with Crippen LogP contribution in [0.3, 0.4) is 0 Å². The van der Waals surface area contributed by atoms with E-state index < -0.39 is 17.6 Å². The van der Waals surface area contributed by atoms with Crippen molar-refractivity contribution in [2.45, 2.75) is 38.4 Å². The van der Waals surface area contributed by atoms with Gasteiger partial charge in [0.15, 0.2) is 0 Å². The summed E-state index contributed by atoms with van der Waals surface area (Å²) in [5.41, 5.74) is -0.606. The summed E-state index contributed by atoms with van der Waals surface area (Å²) in [4.78, 5) is 2.19. The van der Waals surface area contributed by atoms with Gasteiger partial charge in [-0.15, -0.1) is 12.4 Å². The molecule has 0 spiro atoms. The van der Waals surface area contributed by atoms with Crippen molar-refractivity contribution >= 4 is 12.4 Å². The first-order chi connectivity index (χ1) is 10.4. The van der Waals surface area contributed by atoms with E-state index >= 15 is 0 Å². The van der Waals surface area contributed by atoms with Gasteiger partial charge in [0.1, 0.15) is 5.82 Å². The topological polar surface area (TPSA) is 15.3 Å². The summed E-state index contributed by atoms with van der Waals surface area (Å²) in [6.07, 6.45) is -1.94. The number of hydrogen-bond donors (Lipinski definition) is 1. The monoisotopic (exact) mass is 354 g/mol. The molecule has 0 aromatic heterocycles. The minimum Gasteiger partial charge on any atom is -0.314 e. The Hall–Kier alpha value is -0.850. The van der Waals surface area contributed by atoms with Crippen LogP contribution < -0.4 is 5.32 Å². The molecule has 0 radical (unpaired) electrons. The van der Waals surface area contributed by atoms with E-state index in [4.69, 9.17) is 0 Å². The first kappa shape index (κ1) is 20.2. The van der Waals surface area contributed by atoms with Crippen molar-refractivity contribution in [2.24, 2.45) is 0 Å². The van der Waals surface area contributed by atoms with Crippen LogP contribution in [0.15, 0.2) is 18.2 Å². The van der Waals surface area contributed by atoms with Crippen molar-refractivity contribution < 1.29 is 17.6 Å². The maximum atomic E-state index is 13.5. The van der Waals surface area contributed by atoms with Crippen molar-refractivity contribution in [3.63, 3.8) is 0 Å². The fourth-order valence-electron chi connectivity index (χ4n) is 2.92. The highest BCUT2D eigenvalue weighted by Gasteiger charge is 2.35. The Balaban J connectivity index is 0.00000264. The lowest BCUT2D eigenvalue weighted by molar-refractivity contribution is -0.140. The number of nitrogens with one attached hydrogen (secondary N) is 1. The van der Waals surface area contributed by atoms with Gasteiger partial charge in [-0.3, -0.25) is 4.90 Å². The summed E-state index contributed by atoms with van der Waals surface area (Å²) >= 11 is 0. The summed E-state index contributed by atoms with van der Waals surface area (Å²) in [7, 11) is 0. The highest BCUT2D eigenvalue weighted by atomic mass is 35.5. The maximum absolute atomic E-state index is 13.5. The van der Waals surface area contributed by atoms with Gasteiger partial charge in [-0.2, -0.15) is 13.2 Å². The van der Waals surface area contributed by atoms with Gasteiger partial charge in [0, 0.05) is 32.2 Å². The first-order valence-electron chi connectivity index (χ1n) is 7.75. The average Bonchev–Trinajstić information content (AvgIpc) is 2.49. The van der Waals surface area contributed by atoms with E-state index in [9.17, 15) is 17.6 Å². The molecular formula is C16H23ClF4N2. The molecule has 0 saturated carbocycles. The minimum atomic E-state index is -4.65. The fraction of sp³-hybridized carbons (Fsp3) is 0.625. The number of piperazine rings is 1. The molecule has 1 saturated heterocycles. The zero-order valence-electron chi connectivity index (χ0n) is 13.1. The second-order valence-corrected chi connectivity index (χ2v) is 5.68. The molecule has 0 unspecified atom stereocenters. The Kier molecular flexibility index (Phi) is 7.77. The molecule has 1 N–H and O–H groups in total. The number of benzene rings is 1. The van der Waals surface area contributed by atoms with Crippen LogP contribution in [0.1, 0.15) is 43.4 Å². The van der Waals surface area contributed by atoms with Crippen molar-refractivity contribution in [1.29, 1.82) is 0 Å². The quantitative estimate of drug-likeness (QED) is 0.788. The van der Waals surface area contributed by atoms with Crippen molar-refractivity contribution in [1.82, 2.24) is 10.2 Å². The largest absolute Gasteiger partial charge is 0.419 e. The molecule has 1 fully saturated rings. The molecule has 2 nitrogen and oxygen atoms in total. The van der Waals surface area contributed by atoms with Gasteiger partial charge in [-0.25, -0.2) is 4.39 Å². The van der Waals surface area contributed by atoms with Gasteiger partial charge in [-0.1, -0.05) is 25.8 Å². The van der Waals surface area contributed by atoms with Crippen molar-refractivity contribution in [3.8, 4) is 0 Å². The average molecular weight is 355 g/mol. The van der Waals surface area contributed by atoms with E-state index in [1.807, 2.05) is 0 Å². The summed E-state index contributed by atoms with van der Waals surface area (Å²) in [5.74, 6) is -1.20. The minimum absolute atomic E-state index is 0. The zero-order valence-corrected chi connectivity index (χ0v) is 13.9. The molecule has 1 aromatic carbocycles. The number of alkyl halides is 3. The van der Waals surface area contributed by atoms with E-state index in [-0.39, 0.29) is 18.4 Å². The second-order valence-electron chi connectivity index (χ2n) is 5.68. The molecule has 23 heavy (non-hydrogen) atoms. The summed E-state index contributed by atoms with van der Waals surface area (Å²) in [6.45, 7) is 5.31. The Morgan fingerprint density at radius 1 is 1.22 bits per heavy atom. The predicted molar refractivity (Wildman–Crippen MR) is 85.4 cm³/mol. The van der Waals surface area contributed by atoms with E-state index in [2.05, 4.69) is 17.1 Å². The van der Waals surface area contributed by atoms with Gasteiger partial charge in [-0.05, 0) is 24.1 Å². The van der Waals surface area contributed by atoms with Gasteiger partial charge in [0.25, 0.3) is 0 Å². The number of hydrogen-bond acceptors (Lipinski definition) is 2. The van der Waals surface area contributed by atoms with Gasteiger partial charge in [0.2, 0.25) is 0 Å². The molecule has 1 aliphatic heterocycles. The first-order valence-corrected chi connectivity index (χ1v) is 7.75. The van der Waals surface area contributed by atoms with Crippen LogP contribution in [0.5, 0.6) is 0 Å². The number of nitrogens with zero attached hydrogens (tertiary/aromatic N) is 1. The molecule has 132 valence electrons. The van der Waals surface area contributed by atoms with Crippen molar-refractivity contribution in [2.75, 3.05) is 26.2 Å². The molecule has 1 atom stereocenters. The van der Waals surface area contributed by atoms with E-state index in [1.54, 1.807) is 0 Å². The molecule has 2 rings (SSSR count). The molecule has 1 heterocycles. The van der Waals surface area contributed by atoms with Gasteiger partial charge >= 0.3 is 6.18 Å². The van der Waals surface area contributed by atoms with Crippen LogP contribution in [0.2, 0.25) is 0 Å². The third-order valence-electron chi connectivity index (χ3n) is 4.10. The van der Waals surface area contributed by atoms with E-state index in [1.165, 1.54) is 6.07 Å². The molecule has 0 bridgehead atoms. The second kappa shape index (κ2) is 8.85. The SMILES string of the molecule is CCCC[C@H](c1ccc(F)c(C(F)(F)F)c1)N1CCNCC1.Cl. The van der Waals surface area contributed by atoms with Crippen LogP contribution in [0.4, 0.5) is 17.6 Å². The van der Waals surface area contributed by atoms with E-state index in [0.29, 0.717) is 5.56 Å². The lowest BCUT2D eigenvalue weighted by atomic mass is 9.96. The Morgan fingerprint density at radius 3 is 2.43 bits per heavy atom. The Bertz CT molecular complexity index is 487. The smallest absolute Gasteiger partial charge is 0.314 e. The van der Waals surface area contributed by atoms with Crippen LogP contribution in [0.25, 0.3) is 0 Å². The number of halogens is 5. The third kappa shape index (κ3) is 5.33. The standard InChI is InChI=1S/C16H22F4N2.ClH/c1-2-3-4-15(22-9-7-21-8-10-22)12-5-6-14(17)13(11-12)16(18,19)20;/h5-6,11,15,21H,2-4,7-10H2,1H3;1H/t15-;/m1./s1. The summed E-state index contributed by atoms with van der Waals surface area (Å²) in [5, 5.41) is 3.24. The van der Waals surface area contributed by atoms with Gasteiger partial charge < -0.3 is 5.32 Å². The molecule has 0 aliphatic carbocycles. The molecule has 0 amide bonds.